The van der Waals surface area contributed by atoms with Gasteiger partial charge in [-0.25, -0.2) is 10.2 Å². The number of fused-ring (bicyclic) bond motifs is 1. The molecule has 0 bridgehead atoms. The highest BCUT2D eigenvalue weighted by atomic mass is 16.2. The Bertz CT molecular complexity index is 545. The van der Waals surface area contributed by atoms with Gasteiger partial charge in [0.25, 0.3) is 0 Å². The maximum Gasteiger partial charge on any atom is 0.332 e. The molecule has 16 heavy (non-hydrogen) atoms. The van der Waals surface area contributed by atoms with Gasteiger partial charge in [-0.05, 0) is 12.1 Å². The Morgan fingerprint density at radius 1 is 1.38 bits per heavy atom. The average molecular weight is 214 g/mol. The SMILES string of the molecule is NC(=O)NN=Cc1ccnc2ccccc12. The van der Waals surface area contributed by atoms with Crippen LogP contribution in [0.5, 0.6) is 0 Å². The van der Waals surface area contributed by atoms with Crippen molar-refractivity contribution in [3.8, 4) is 0 Å². The molecular weight excluding hydrogens is 204 g/mol. The number of primary amides is 1. The fourth-order valence-electron chi connectivity index (χ4n) is 1.40. The van der Waals surface area contributed by atoms with Crippen molar-refractivity contribution in [2.24, 2.45) is 10.8 Å². The summed E-state index contributed by atoms with van der Waals surface area (Å²) in [5.74, 6) is 0. The quantitative estimate of drug-likeness (QED) is 0.582. The number of rotatable bonds is 2. The molecule has 1 aromatic carbocycles. The van der Waals surface area contributed by atoms with Crippen molar-refractivity contribution in [3.63, 3.8) is 0 Å². The Hall–Kier alpha value is -2.43. The number of nitrogens with one attached hydrogen (secondary N) is 1. The Kier molecular flexibility index (Phi) is 2.77. The van der Waals surface area contributed by atoms with Crippen LogP contribution in [-0.2, 0) is 0 Å². The van der Waals surface area contributed by atoms with Crippen LogP contribution in [0.3, 0.4) is 0 Å². The summed E-state index contributed by atoms with van der Waals surface area (Å²) < 4.78 is 0. The molecule has 0 aliphatic heterocycles. The number of para-hydroxylation sites is 1. The molecule has 1 aromatic heterocycles. The van der Waals surface area contributed by atoms with Crippen LogP contribution >= 0.6 is 0 Å². The molecule has 0 atom stereocenters. The Morgan fingerprint density at radius 3 is 3.00 bits per heavy atom. The largest absolute Gasteiger partial charge is 0.350 e. The molecule has 0 fully saturated rings. The lowest BCUT2D eigenvalue weighted by molar-refractivity contribution is 0.249. The first kappa shape index (κ1) is 10.1. The zero-order valence-corrected chi connectivity index (χ0v) is 8.42. The van der Waals surface area contributed by atoms with Crippen LogP contribution in [0, 0.1) is 0 Å². The summed E-state index contributed by atoms with van der Waals surface area (Å²) in [5, 5.41) is 4.69. The van der Waals surface area contributed by atoms with Gasteiger partial charge in [0, 0.05) is 17.1 Å². The molecule has 5 heteroatoms. The molecule has 2 aromatic rings. The summed E-state index contributed by atoms with van der Waals surface area (Å²) in [6.45, 7) is 0. The van der Waals surface area contributed by atoms with Gasteiger partial charge in [-0.15, -0.1) is 0 Å². The Morgan fingerprint density at radius 2 is 2.19 bits per heavy atom. The van der Waals surface area contributed by atoms with Gasteiger partial charge in [-0.1, -0.05) is 18.2 Å². The lowest BCUT2D eigenvalue weighted by atomic mass is 10.1. The minimum Gasteiger partial charge on any atom is -0.350 e. The summed E-state index contributed by atoms with van der Waals surface area (Å²) >= 11 is 0. The normalized spacial score (nSPS) is 10.8. The number of hydrogen-bond donors (Lipinski definition) is 2. The van der Waals surface area contributed by atoms with Gasteiger partial charge >= 0.3 is 6.03 Å². The van der Waals surface area contributed by atoms with Gasteiger partial charge in [0.1, 0.15) is 0 Å². The van der Waals surface area contributed by atoms with Crippen molar-refractivity contribution >= 4 is 23.1 Å². The predicted octanol–water partition coefficient (Wildman–Crippen LogP) is 1.24. The minimum absolute atomic E-state index is 0.686. The molecule has 3 N–H and O–H groups in total. The number of amides is 2. The standard InChI is InChI=1S/C11H10N4O/c12-11(16)15-14-7-8-5-6-13-10-4-2-1-3-9(8)10/h1-7H,(H3,12,15,16). The second-order valence-electron chi connectivity index (χ2n) is 3.15. The van der Waals surface area contributed by atoms with E-state index in [-0.39, 0.29) is 0 Å². The third kappa shape index (κ3) is 2.14. The molecule has 5 nitrogen and oxygen atoms in total. The summed E-state index contributed by atoms with van der Waals surface area (Å²) in [6.07, 6.45) is 3.22. The molecule has 0 unspecified atom stereocenters. The highest BCUT2D eigenvalue weighted by Gasteiger charge is 1.97. The third-order valence-electron chi connectivity index (χ3n) is 2.06. The number of carbonyl (C=O) groups excluding carboxylic acids is 1. The van der Waals surface area contributed by atoms with E-state index >= 15 is 0 Å². The molecule has 0 aliphatic rings. The lowest BCUT2D eigenvalue weighted by Crippen LogP contribution is -2.24. The Balaban J connectivity index is 2.37. The average Bonchev–Trinajstić information content (AvgIpc) is 2.29. The van der Waals surface area contributed by atoms with Crippen LogP contribution in [-0.4, -0.2) is 17.2 Å². The first-order chi connectivity index (χ1) is 7.77. The zero-order chi connectivity index (χ0) is 11.4. The topological polar surface area (TPSA) is 80.4 Å². The number of hydrazone groups is 1. The number of nitrogens with two attached hydrogens (primary N) is 1. The molecule has 0 radical (unpaired) electrons. The summed E-state index contributed by atoms with van der Waals surface area (Å²) in [5.41, 5.74) is 8.79. The van der Waals surface area contributed by atoms with Crippen LogP contribution < -0.4 is 11.2 Å². The summed E-state index contributed by atoms with van der Waals surface area (Å²) in [6, 6.07) is 8.81. The van der Waals surface area contributed by atoms with Gasteiger partial charge < -0.3 is 5.73 Å². The number of carbonyl (C=O) groups is 1. The molecule has 0 saturated heterocycles. The fourth-order valence-corrected chi connectivity index (χ4v) is 1.40. The van der Waals surface area contributed by atoms with Crippen LogP contribution in [0.2, 0.25) is 0 Å². The minimum atomic E-state index is -0.686. The monoisotopic (exact) mass is 214 g/mol. The molecule has 2 amide bonds. The fraction of sp³-hybridized carbons (Fsp3) is 0. The second-order valence-corrected chi connectivity index (χ2v) is 3.15. The number of aromatic nitrogens is 1. The molecule has 2 rings (SSSR count). The molecule has 0 spiro atoms. The maximum atomic E-state index is 10.4. The van der Waals surface area contributed by atoms with E-state index in [9.17, 15) is 4.79 Å². The highest BCUT2D eigenvalue weighted by molar-refractivity contribution is 5.98. The molecule has 0 aliphatic carbocycles. The predicted molar refractivity (Wildman–Crippen MR) is 62.1 cm³/mol. The first-order valence-corrected chi connectivity index (χ1v) is 4.69. The smallest absolute Gasteiger partial charge is 0.332 e. The number of pyridine rings is 1. The van der Waals surface area contributed by atoms with E-state index in [1.165, 1.54) is 6.21 Å². The number of benzene rings is 1. The zero-order valence-electron chi connectivity index (χ0n) is 8.42. The third-order valence-corrected chi connectivity index (χ3v) is 2.06. The van der Waals surface area contributed by atoms with Gasteiger partial charge in [-0.3, -0.25) is 4.98 Å². The van der Waals surface area contributed by atoms with Gasteiger partial charge in [0.15, 0.2) is 0 Å². The highest BCUT2D eigenvalue weighted by Crippen LogP contribution is 2.13. The van der Waals surface area contributed by atoms with E-state index in [1.807, 2.05) is 30.3 Å². The van der Waals surface area contributed by atoms with Crippen LogP contribution in [0.1, 0.15) is 5.56 Å². The van der Waals surface area contributed by atoms with Crippen LogP contribution in [0.25, 0.3) is 10.9 Å². The molecule has 0 saturated carbocycles. The summed E-state index contributed by atoms with van der Waals surface area (Å²) in [7, 11) is 0. The van der Waals surface area contributed by atoms with Crippen molar-refractivity contribution in [3.05, 3.63) is 42.1 Å². The van der Waals surface area contributed by atoms with Gasteiger partial charge in [0.05, 0.1) is 11.7 Å². The molecular formula is C11H10N4O. The molecule has 1 heterocycles. The van der Waals surface area contributed by atoms with Crippen molar-refractivity contribution < 1.29 is 4.79 Å². The Labute approximate surface area is 92.0 Å². The van der Waals surface area contributed by atoms with Crippen LogP contribution in [0.4, 0.5) is 4.79 Å². The molecule has 80 valence electrons. The van der Waals surface area contributed by atoms with E-state index in [0.29, 0.717) is 0 Å². The van der Waals surface area contributed by atoms with Gasteiger partial charge in [0.2, 0.25) is 0 Å². The van der Waals surface area contributed by atoms with Gasteiger partial charge in [-0.2, -0.15) is 5.10 Å². The number of hydrogen-bond acceptors (Lipinski definition) is 3. The maximum absolute atomic E-state index is 10.4. The van der Waals surface area contributed by atoms with E-state index in [2.05, 4.69) is 15.5 Å². The van der Waals surface area contributed by atoms with Crippen molar-refractivity contribution in [2.75, 3.05) is 0 Å². The summed E-state index contributed by atoms with van der Waals surface area (Å²) in [4.78, 5) is 14.6. The van der Waals surface area contributed by atoms with E-state index in [4.69, 9.17) is 5.73 Å². The van der Waals surface area contributed by atoms with E-state index in [1.54, 1.807) is 6.20 Å². The van der Waals surface area contributed by atoms with E-state index < -0.39 is 6.03 Å². The second kappa shape index (κ2) is 4.39. The lowest BCUT2D eigenvalue weighted by Gasteiger charge is -1.99. The first-order valence-electron chi connectivity index (χ1n) is 4.69. The van der Waals surface area contributed by atoms with Crippen LogP contribution in [0.15, 0.2) is 41.6 Å². The van der Waals surface area contributed by atoms with Crippen molar-refractivity contribution in [1.29, 1.82) is 0 Å². The van der Waals surface area contributed by atoms with Crippen molar-refractivity contribution in [2.45, 2.75) is 0 Å². The number of urea groups is 1. The van der Waals surface area contributed by atoms with Crippen molar-refractivity contribution in [1.82, 2.24) is 10.4 Å². The number of nitrogens with zero attached hydrogens (tertiary/aromatic N) is 2. The van der Waals surface area contributed by atoms with E-state index in [0.717, 1.165) is 16.5 Å².